The van der Waals surface area contributed by atoms with Gasteiger partial charge in [0.05, 0.1) is 10.9 Å². The van der Waals surface area contributed by atoms with Crippen molar-refractivity contribution in [2.75, 3.05) is 5.32 Å². The van der Waals surface area contributed by atoms with Crippen LogP contribution in [0.2, 0.25) is 0 Å². The van der Waals surface area contributed by atoms with Gasteiger partial charge in [-0.2, -0.15) is 0 Å². The second-order valence-corrected chi connectivity index (χ2v) is 8.32. The van der Waals surface area contributed by atoms with Gasteiger partial charge in [0, 0.05) is 31.1 Å². The van der Waals surface area contributed by atoms with Crippen molar-refractivity contribution in [1.29, 1.82) is 0 Å². The lowest BCUT2D eigenvalue weighted by molar-refractivity contribution is -0.116. The molecule has 1 amide bonds. The molecule has 2 aromatic carbocycles. The molecule has 0 atom stereocenters. The number of fused-ring (bicyclic) bond motifs is 2. The summed E-state index contributed by atoms with van der Waals surface area (Å²) in [6, 6.07) is 12.1. The van der Waals surface area contributed by atoms with Crippen molar-refractivity contribution in [3.05, 3.63) is 63.3 Å². The molecule has 0 unspecified atom stereocenters. The van der Waals surface area contributed by atoms with Crippen LogP contribution < -0.4 is 26.0 Å². The smallest absolute Gasteiger partial charge is 0.331 e. The number of hydrogen-bond acceptors (Lipinski definition) is 5. The molecule has 3 aromatic rings. The van der Waals surface area contributed by atoms with Gasteiger partial charge in [0.15, 0.2) is 11.5 Å². The van der Waals surface area contributed by atoms with Crippen LogP contribution in [-0.2, 0) is 17.9 Å². The first-order valence-electron chi connectivity index (χ1n) is 11.0. The van der Waals surface area contributed by atoms with Crippen LogP contribution in [0.1, 0.15) is 39.0 Å². The van der Waals surface area contributed by atoms with Gasteiger partial charge in [-0.15, -0.1) is 0 Å². The summed E-state index contributed by atoms with van der Waals surface area (Å²) in [6.45, 7) is 1.75. The van der Waals surface area contributed by atoms with Crippen molar-refractivity contribution in [1.82, 2.24) is 9.13 Å². The Labute approximate surface area is 184 Å². The van der Waals surface area contributed by atoms with E-state index in [1.807, 2.05) is 0 Å². The van der Waals surface area contributed by atoms with E-state index in [1.165, 1.54) is 11.0 Å². The largest absolute Gasteiger partial charge is 0.448 e. The van der Waals surface area contributed by atoms with E-state index >= 15 is 0 Å². The molecule has 5 rings (SSSR count). The standard InChI is InChI=1S/C24H25N3O5/c1-2-26-22(29)17-8-4-5-9-18(17)27(23(26)30)15-21(28)25-16-10-11-19-20(14-16)32-24(31-19)12-6-3-7-13-24/h4-5,8-11,14H,2-3,6-7,12-13,15H2,1H3,(H,25,28). The monoisotopic (exact) mass is 435 g/mol. The van der Waals surface area contributed by atoms with E-state index in [4.69, 9.17) is 9.47 Å². The number of benzene rings is 2. The molecule has 1 aliphatic carbocycles. The lowest BCUT2D eigenvalue weighted by atomic mass is 9.94. The van der Waals surface area contributed by atoms with Crippen LogP contribution in [0, 0.1) is 0 Å². The van der Waals surface area contributed by atoms with Crippen molar-refractivity contribution in [2.45, 2.75) is 57.9 Å². The fraction of sp³-hybridized carbons (Fsp3) is 0.375. The summed E-state index contributed by atoms with van der Waals surface area (Å²) in [7, 11) is 0. The first-order valence-corrected chi connectivity index (χ1v) is 11.0. The van der Waals surface area contributed by atoms with Crippen LogP contribution in [0.3, 0.4) is 0 Å². The Morgan fingerprint density at radius 3 is 2.53 bits per heavy atom. The molecule has 0 bridgehead atoms. The Balaban J connectivity index is 1.39. The molecule has 1 saturated carbocycles. The lowest BCUT2D eigenvalue weighted by Crippen LogP contribution is -2.41. The van der Waals surface area contributed by atoms with Crippen LogP contribution in [0.25, 0.3) is 10.9 Å². The number of anilines is 1. The van der Waals surface area contributed by atoms with E-state index in [0.717, 1.165) is 30.3 Å². The van der Waals surface area contributed by atoms with Crippen molar-refractivity contribution in [3.8, 4) is 11.5 Å². The predicted octanol–water partition coefficient (Wildman–Crippen LogP) is 3.25. The van der Waals surface area contributed by atoms with Gasteiger partial charge in [0.25, 0.3) is 11.3 Å². The van der Waals surface area contributed by atoms with E-state index in [1.54, 1.807) is 49.4 Å². The maximum atomic E-state index is 12.9. The maximum absolute atomic E-state index is 12.9. The Morgan fingerprint density at radius 2 is 1.75 bits per heavy atom. The number of hydrogen-bond donors (Lipinski definition) is 1. The highest BCUT2D eigenvalue weighted by molar-refractivity contribution is 5.92. The molecular weight excluding hydrogens is 410 g/mol. The van der Waals surface area contributed by atoms with Gasteiger partial charge >= 0.3 is 5.69 Å². The van der Waals surface area contributed by atoms with E-state index < -0.39 is 11.5 Å². The summed E-state index contributed by atoms with van der Waals surface area (Å²) in [4.78, 5) is 38.3. The maximum Gasteiger partial charge on any atom is 0.331 e. The first-order chi connectivity index (χ1) is 15.5. The fourth-order valence-corrected chi connectivity index (χ4v) is 4.61. The number of rotatable bonds is 4. The minimum absolute atomic E-state index is 0.210. The molecule has 1 aliphatic heterocycles. The molecule has 1 N–H and O–H groups in total. The summed E-state index contributed by atoms with van der Waals surface area (Å²) in [5.41, 5.74) is 0.145. The summed E-state index contributed by atoms with van der Waals surface area (Å²) in [5.74, 6) is 0.349. The lowest BCUT2D eigenvalue weighted by Gasteiger charge is -2.31. The van der Waals surface area contributed by atoms with Crippen LogP contribution >= 0.6 is 0 Å². The normalized spacial score (nSPS) is 16.4. The molecule has 32 heavy (non-hydrogen) atoms. The molecule has 0 saturated heterocycles. The molecule has 1 aromatic heterocycles. The summed E-state index contributed by atoms with van der Waals surface area (Å²) in [5, 5.41) is 3.24. The fourth-order valence-electron chi connectivity index (χ4n) is 4.61. The molecule has 0 radical (unpaired) electrons. The van der Waals surface area contributed by atoms with Gasteiger partial charge in [-0.05, 0) is 44.0 Å². The first kappa shape index (κ1) is 20.4. The summed E-state index contributed by atoms with van der Waals surface area (Å²) >= 11 is 0. The van der Waals surface area contributed by atoms with E-state index in [2.05, 4.69) is 5.32 Å². The van der Waals surface area contributed by atoms with Crippen molar-refractivity contribution < 1.29 is 14.3 Å². The number of carbonyl (C=O) groups excluding carboxylic acids is 1. The Kier molecular flexibility index (Phi) is 5.00. The molecule has 8 heteroatoms. The third kappa shape index (κ3) is 3.45. The topological polar surface area (TPSA) is 91.6 Å². The Hall–Kier alpha value is -3.55. The number of aromatic nitrogens is 2. The average molecular weight is 435 g/mol. The third-order valence-electron chi connectivity index (χ3n) is 6.18. The van der Waals surface area contributed by atoms with Gasteiger partial charge in [-0.25, -0.2) is 4.79 Å². The predicted molar refractivity (Wildman–Crippen MR) is 120 cm³/mol. The molecule has 1 spiro atoms. The second-order valence-electron chi connectivity index (χ2n) is 8.32. The van der Waals surface area contributed by atoms with Crippen LogP contribution in [-0.4, -0.2) is 20.8 Å². The van der Waals surface area contributed by atoms with Crippen LogP contribution in [0.5, 0.6) is 11.5 Å². The number of amides is 1. The number of nitrogens with zero attached hydrogens (tertiary/aromatic N) is 2. The Bertz CT molecular complexity index is 1320. The van der Waals surface area contributed by atoms with Gasteiger partial charge < -0.3 is 14.8 Å². The van der Waals surface area contributed by atoms with E-state index in [9.17, 15) is 14.4 Å². The minimum Gasteiger partial charge on any atom is -0.448 e. The highest BCUT2D eigenvalue weighted by atomic mass is 16.7. The zero-order valence-electron chi connectivity index (χ0n) is 17.9. The molecule has 8 nitrogen and oxygen atoms in total. The van der Waals surface area contributed by atoms with Gasteiger partial charge in [0.2, 0.25) is 5.91 Å². The van der Waals surface area contributed by atoms with Crippen molar-refractivity contribution in [2.24, 2.45) is 0 Å². The quantitative estimate of drug-likeness (QED) is 0.679. The second kappa shape index (κ2) is 7.85. The average Bonchev–Trinajstić information content (AvgIpc) is 3.14. The van der Waals surface area contributed by atoms with Crippen molar-refractivity contribution >= 4 is 22.5 Å². The number of nitrogens with one attached hydrogen (secondary N) is 1. The van der Waals surface area contributed by atoms with Crippen LogP contribution in [0.15, 0.2) is 52.1 Å². The SMILES string of the molecule is CCn1c(=O)c2ccccc2n(CC(=O)Nc2ccc3c(c2)OC2(CCCCC2)O3)c1=O. The number of carbonyl (C=O) groups is 1. The molecule has 1 fully saturated rings. The molecule has 166 valence electrons. The third-order valence-corrected chi connectivity index (χ3v) is 6.18. The highest BCUT2D eigenvalue weighted by Crippen LogP contribution is 2.46. The number of ether oxygens (including phenoxy) is 2. The van der Waals surface area contributed by atoms with E-state index in [0.29, 0.717) is 28.1 Å². The van der Waals surface area contributed by atoms with Gasteiger partial charge in [0.1, 0.15) is 6.54 Å². The zero-order chi connectivity index (χ0) is 22.3. The van der Waals surface area contributed by atoms with E-state index in [-0.39, 0.29) is 24.6 Å². The minimum atomic E-state index is -0.580. The van der Waals surface area contributed by atoms with Crippen LogP contribution in [0.4, 0.5) is 5.69 Å². The number of para-hydroxylation sites is 1. The molecular formula is C24H25N3O5. The summed E-state index contributed by atoms with van der Waals surface area (Å²) < 4.78 is 14.7. The van der Waals surface area contributed by atoms with Gasteiger partial charge in [-0.3, -0.25) is 18.7 Å². The highest BCUT2D eigenvalue weighted by Gasteiger charge is 2.42. The Morgan fingerprint density at radius 1 is 1.00 bits per heavy atom. The molecule has 2 heterocycles. The summed E-state index contributed by atoms with van der Waals surface area (Å²) in [6.07, 6.45) is 5.03. The van der Waals surface area contributed by atoms with Gasteiger partial charge in [-0.1, -0.05) is 18.6 Å². The molecule has 2 aliphatic rings. The zero-order valence-corrected chi connectivity index (χ0v) is 17.9. The van der Waals surface area contributed by atoms with Crippen molar-refractivity contribution in [3.63, 3.8) is 0 Å².